The minimum atomic E-state index is 0.540. The number of unbranched alkanes of at least 4 members (excludes halogenated alkanes) is 30. The van der Waals surface area contributed by atoms with E-state index in [1.807, 2.05) is 0 Å². The van der Waals surface area contributed by atoms with Gasteiger partial charge in [-0.15, -0.1) is 0 Å². The van der Waals surface area contributed by atoms with Gasteiger partial charge in [-0.2, -0.15) is 0 Å². The molecule has 0 heterocycles. The molecule has 0 aromatic heterocycles. The van der Waals surface area contributed by atoms with Crippen LogP contribution in [0, 0.1) is 0 Å². The van der Waals surface area contributed by atoms with Gasteiger partial charge in [-0.25, -0.2) is 0 Å². The van der Waals surface area contributed by atoms with Gasteiger partial charge in [0.05, 0.1) is 0 Å². The zero-order valence-electron chi connectivity index (χ0n) is 37.4. The SMILES string of the molecule is CCCCCCCCCCCCCCCCCCC(C)c1ccc2cc3c(Br)c(C(C)CCCCCCCCCCCCCCCCCC)c(Br)cc3cc2c1. The van der Waals surface area contributed by atoms with Crippen LogP contribution < -0.4 is 0 Å². The summed E-state index contributed by atoms with van der Waals surface area (Å²) in [4.78, 5) is 0. The van der Waals surface area contributed by atoms with Crippen LogP contribution in [0.4, 0.5) is 0 Å². The summed E-state index contributed by atoms with van der Waals surface area (Å²) < 4.78 is 2.54. The van der Waals surface area contributed by atoms with Gasteiger partial charge in [0.25, 0.3) is 0 Å². The first kappa shape index (κ1) is 49.5. The summed E-state index contributed by atoms with van der Waals surface area (Å²) in [6.07, 6.45) is 48.4. The van der Waals surface area contributed by atoms with E-state index in [-0.39, 0.29) is 0 Å². The van der Waals surface area contributed by atoms with Crippen molar-refractivity contribution in [1.29, 1.82) is 0 Å². The Kier molecular flexibility index (Phi) is 28.3. The molecule has 56 heavy (non-hydrogen) atoms. The third kappa shape index (κ3) is 20.4. The molecule has 0 saturated carbocycles. The molecule has 0 nitrogen and oxygen atoms in total. The minimum Gasteiger partial charge on any atom is -0.0654 e. The molecule has 0 fully saturated rings. The standard InChI is InChI=1S/C54H88Br2/c1-5-7-9-11-13-15-17-19-21-23-25-27-29-31-33-35-37-45(3)47-39-40-48-43-51-50(42-49(48)41-47)44-52(55)53(54(51)56)46(4)38-36-34-32-30-28-26-24-22-20-18-16-14-12-10-8-6-2/h39-46H,5-38H2,1-4H3. The van der Waals surface area contributed by atoms with Crippen molar-refractivity contribution in [2.45, 2.75) is 258 Å². The number of hydrogen-bond donors (Lipinski definition) is 0. The lowest BCUT2D eigenvalue weighted by atomic mass is 9.90. The van der Waals surface area contributed by atoms with Gasteiger partial charge in [0.1, 0.15) is 0 Å². The van der Waals surface area contributed by atoms with Crippen LogP contribution in [0.5, 0.6) is 0 Å². The summed E-state index contributed by atoms with van der Waals surface area (Å²) in [7, 11) is 0. The Balaban J connectivity index is 1.30. The molecule has 318 valence electrons. The molecule has 0 amide bonds. The summed E-state index contributed by atoms with van der Waals surface area (Å²) in [5.74, 6) is 1.16. The first-order valence-electron chi connectivity index (χ1n) is 24.8. The second kappa shape index (κ2) is 32.0. The fourth-order valence-electron chi connectivity index (χ4n) is 9.17. The quantitative estimate of drug-likeness (QED) is 0.0403. The molecule has 2 atom stereocenters. The molecular weight excluding hydrogens is 808 g/mol. The first-order valence-corrected chi connectivity index (χ1v) is 26.4. The number of halogens is 2. The minimum absolute atomic E-state index is 0.540. The second-order valence-corrected chi connectivity index (χ2v) is 19.9. The predicted molar refractivity (Wildman–Crippen MR) is 262 cm³/mol. The Bertz CT molecular complexity index is 1410. The van der Waals surface area contributed by atoms with Gasteiger partial charge in [-0.05, 0) is 91.5 Å². The zero-order chi connectivity index (χ0) is 40.1. The predicted octanol–water partition coefficient (Wildman–Crippen LogP) is 21.0. The van der Waals surface area contributed by atoms with E-state index in [1.54, 1.807) is 0 Å². The largest absolute Gasteiger partial charge is 0.0654 e. The molecule has 0 bridgehead atoms. The molecule has 3 aromatic rings. The van der Waals surface area contributed by atoms with Gasteiger partial charge in [-0.3, -0.25) is 0 Å². The third-order valence-corrected chi connectivity index (χ3v) is 14.6. The topological polar surface area (TPSA) is 0 Å². The van der Waals surface area contributed by atoms with Crippen LogP contribution in [0.1, 0.15) is 269 Å². The van der Waals surface area contributed by atoms with Crippen LogP contribution in [-0.4, -0.2) is 0 Å². The Morgan fingerprint density at radius 1 is 0.375 bits per heavy atom. The van der Waals surface area contributed by atoms with Crippen LogP contribution in [0.3, 0.4) is 0 Å². The molecule has 0 saturated heterocycles. The van der Waals surface area contributed by atoms with Crippen LogP contribution in [-0.2, 0) is 0 Å². The van der Waals surface area contributed by atoms with Crippen LogP contribution in [0.25, 0.3) is 21.5 Å². The van der Waals surface area contributed by atoms with Gasteiger partial charge >= 0.3 is 0 Å². The molecule has 3 rings (SSSR count). The van der Waals surface area contributed by atoms with E-state index in [2.05, 4.69) is 96.0 Å². The molecule has 0 aliphatic carbocycles. The van der Waals surface area contributed by atoms with Crippen molar-refractivity contribution in [1.82, 2.24) is 0 Å². The lowest BCUT2D eigenvalue weighted by Gasteiger charge is -2.19. The van der Waals surface area contributed by atoms with Crippen molar-refractivity contribution in [2.75, 3.05) is 0 Å². The highest BCUT2D eigenvalue weighted by atomic mass is 79.9. The molecule has 0 N–H and O–H groups in total. The van der Waals surface area contributed by atoms with Crippen molar-refractivity contribution in [3.05, 3.63) is 56.5 Å². The summed E-state index contributed by atoms with van der Waals surface area (Å²) in [6, 6.07) is 14.5. The summed E-state index contributed by atoms with van der Waals surface area (Å²) in [5.41, 5.74) is 2.95. The van der Waals surface area contributed by atoms with E-state index in [0.717, 1.165) is 0 Å². The molecule has 0 aliphatic heterocycles. The van der Waals surface area contributed by atoms with E-state index in [9.17, 15) is 0 Å². The number of benzene rings is 3. The Hall–Kier alpha value is -0.860. The molecule has 3 aromatic carbocycles. The maximum atomic E-state index is 4.09. The number of rotatable bonds is 36. The highest BCUT2D eigenvalue weighted by Crippen LogP contribution is 2.41. The normalized spacial score (nSPS) is 13.0. The summed E-state index contributed by atoms with van der Waals surface area (Å²) in [6.45, 7) is 9.48. The zero-order valence-corrected chi connectivity index (χ0v) is 40.6. The van der Waals surface area contributed by atoms with Crippen molar-refractivity contribution in [3.63, 3.8) is 0 Å². The van der Waals surface area contributed by atoms with Crippen LogP contribution >= 0.6 is 31.9 Å². The van der Waals surface area contributed by atoms with Crippen LogP contribution in [0.2, 0.25) is 0 Å². The molecule has 2 unspecified atom stereocenters. The first-order chi connectivity index (χ1) is 27.5. The fraction of sp³-hybridized carbons (Fsp3) is 0.741. The molecule has 0 spiro atoms. The molecule has 0 aliphatic rings. The highest BCUT2D eigenvalue weighted by molar-refractivity contribution is 9.11. The molecular formula is C54H88Br2. The monoisotopic (exact) mass is 895 g/mol. The maximum Gasteiger partial charge on any atom is 0.0299 e. The average molecular weight is 897 g/mol. The lowest BCUT2D eigenvalue weighted by molar-refractivity contribution is 0.520. The summed E-state index contributed by atoms with van der Waals surface area (Å²) in [5, 5.41) is 5.41. The Labute approximate surface area is 365 Å². The molecule has 2 heteroatoms. The van der Waals surface area contributed by atoms with Crippen molar-refractivity contribution < 1.29 is 0 Å². The Morgan fingerprint density at radius 2 is 0.750 bits per heavy atom. The average Bonchev–Trinajstić information content (AvgIpc) is 3.19. The van der Waals surface area contributed by atoms with Crippen molar-refractivity contribution in [3.8, 4) is 0 Å². The van der Waals surface area contributed by atoms with Gasteiger partial charge in [0.2, 0.25) is 0 Å². The lowest BCUT2D eigenvalue weighted by Crippen LogP contribution is -1.98. The van der Waals surface area contributed by atoms with Gasteiger partial charge < -0.3 is 0 Å². The van der Waals surface area contributed by atoms with Gasteiger partial charge in [0.15, 0.2) is 0 Å². The van der Waals surface area contributed by atoms with Gasteiger partial charge in [0, 0.05) is 8.95 Å². The van der Waals surface area contributed by atoms with E-state index in [0.29, 0.717) is 11.8 Å². The third-order valence-electron chi connectivity index (χ3n) is 13.1. The van der Waals surface area contributed by atoms with Crippen molar-refractivity contribution >= 4 is 53.4 Å². The summed E-state index contributed by atoms with van der Waals surface area (Å²) >= 11 is 8.10. The Morgan fingerprint density at radius 3 is 1.16 bits per heavy atom. The van der Waals surface area contributed by atoms with Crippen molar-refractivity contribution in [2.24, 2.45) is 0 Å². The van der Waals surface area contributed by atoms with E-state index < -0.39 is 0 Å². The van der Waals surface area contributed by atoms with Crippen LogP contribution in [0.15, 0.2) is 45.3 Å². The number of fused-ring (bicyclic) bond motifs is 2. The maximum absolute atomic E-state index is 4.09. The van der Waals surface area contributed by atoms with E-state index in [4.69, 9.17) is 0 Å². The highest BCUT2D eigenvalue weighted by Gasteiger charge is 2.17. The van der Waals surface area contributed by atoms with E-state index in [1.165, 1.54) is 260 Å². The molecule has 0 radical (unpaired) electrons. The second-order valence-electron chi connectivity index (χ2n) is 18.3. The number of hydrogen-bond acceptors (Lipinski definition) is 0. The van der Waals surface area contributed by atoms with Gasteiger partial charge in [-0.1, -0.05) is 267 Å². The smallest absolute Gasteiger partial charge is 0.0299 e. The van der Waals surface area contributed by atoms with E-state index >= 15 is 0 Å². The fourth-order valence-corrected chi connectivity index (χ4v) is 11.2.